The van der Waals surface area contributed by atoms with Crippen molar-refractivity contribution in [3.8, 4) is 10.8 Å². The maximum absolute atomic E-state index is 12.8. The Kier molecular flexibility index (Phi) is 5.61. The minimum atomic E-state index is -3.58. The van der Waals surface area contributed by atoms with Crippen LogP contribution in [0.5, 0.6) is 0 Å². The number of hydrogen-bond acceptors (Lipinski definition) is 7. The first-order valence-corrected chi connectivity index (χ1v) is 10.1. The number of rotatable bonds is 7. The molecule has 0 aliphatic rings. The molecule has 0 radical (unpaired) electrons. The van der Waals surface area contributed by atoms with Gasteiger partial charge in [-0.15, -0.1) is 11.3 Å². The fraction of sp³-hybridized carbons (Fsp3) is 0.188. The quantitative estimate of drug-likeness (QED) is 0.577. The predicted molar refractivity (Wildman–Crippen MR) is 99.9 cm³/mol. The Morgan fingerprint density at radius 1 is 1.24 bits per heavy atom. The fourth-order valence-corrected chi connectivity index (χ4v) is 4.12. The van der Waals surface area contributed by atoms with Crippen LogP contribution in [0.1, 0.15) is 5.56 Å². The first-order valence-electron chi connectivity index (χ1n) is 7.31. The summed E-state index contributed by atoms with van der Waals surface area (Å²) in [6, 6.07) is 11.2. The van der Waals surface area contributed by atoms with Crippen molar-refractivity contribution >= 4 is 41.9 Å². The van der Waals surface area contributed by atoms with Gasteiger partial charge in [0, 0.05) is 25.8 Å². The van der Waals surface area contributed by atoms with Crippen LogP contribution in [-0.2, 0) is 20.2 Å². The van der Waals surface area contributed by atoms with Crippen molar-refractivity contribution in [2.45, 2.75) is 6.54 Å². The number of anilines is 1. The van der Waals surface area contributed by atoms with E-state index >= 15 is 0 Å². The molecule has 25 heavy (non-hydrogen) atoms. The molecule has 2 aromatic heterocycles. The topological polar surface area (TPSA) is 73.6 Å². The molecule has 9 heteroatoms. The van der Waals surface area contributed by atoms with Crippen molar-refractivity contribution in [1.29, 1.82) is 0 Å². The molecule has 6 nitrogen and oxygen atoms in total. The van der Waals surface area contributed by atoms with Gasteiger partial charge in [0.05, 0.1) is 4.88 Å². The Labute approximate surface area is 154 Å². The van der Waals surface area contributed by atoms with E-state index in [0.29, 0.717) is 17.5 Å². The van der Waals surface area contributed by atoms with Crippen molar-refractivity contribution in [3.05, 3.63) is 52.4 Å². The van der Waals surface area contributed by atoms with Gasteiger partial charge in [0.1, 0.15) is 0 Å². The standard InChI is InChI=1S/C16H16ClN2O4PS/c1-21-24(20,22-2)16-15(18-10-11-6-3-4-7-12(11)17)23-14(19-16)13-8-5-9-25-13/h3-9,18H,10H2,1-2H3. The maximum Gasteiger partial charge on any atom is 0.384 e. The highest BCUT2D eigenvalue weighted by Gasteiger charge is 2.34. The van der Waals surface area contributed by atoms with Gasteiger partial charge in [0.15, 0.2) is 0 Å². The van der Waals surface area contributed by atoms with Gasteiger partial charge >= 0.3 is 7.60 Å². The minimum Gasteiger partial charge on any atom is -0.419 e. The first kappa shape index (κ1) is 18.2. The predicted octanol–water partition coefficient (Wildman–Crippen LogP) is 4.78. The molecule has 3 aromatic rings. The first-order chi connectivity index (χ1) is 12.1. The van der Waals surface area contributed by atoms with Gasteiger partial charge in [0.25, 0.3) is 0 Å². The lowest BCUT2D eigenvalue weighted by molar-refractivity contribution is 0.286. The molecular formula is C16H16ClN2O4PS. The number of thiophene rings is 1. The van der Waals surface area contributed by atoms with Gasteiger partial charge in [-0.2, -0.15) is 4.98 Å². The Balaban J connectivity index is 1.96. The van der Waals surface area contributed by atoms with Crippen molar-refractivity contribution < 1.29 is 18.0 Å². The summed E-state index contributed by atoms with van der Waals surface area (Å²) in [6.07, 6.45) is 0. The molecule has 132 valence electrons. The summed E-state index contributed by atoms with van der Waals surface area (Å²) in [5.74, 6) is 0.580. The molecule has 1 N–H and O–H groups in total. The summed E-state index contributed by atoms with van der Waals surface area (Å²) < 4.78 is 28.7. The van der Waals surface area contributed by atoms with Gasteiger partial charge in [-0.05, 0) is 23.1 Å². The van der Waals surface area contributed by atoms with E-state index < -0.39 is 7.60 Å². The number of benzene rings is 1. The molecule has 0 atom stereocenters. The maximum atomic E-state index is 12.8. The summed E-state index contributed by atoms with van der Waals surface area (Å²) in [6.45, 7) is 0.374. The zero-order valence-corrected chi connectivity index (χ0v) is 16.0. The van der Waals surface area contributed by atoms with Gasteiger partial charge in [-0.25, -0.2) is 0 Å². The molecule has 0 amide bonds. The van der Waals surface area contributed by atoms with Gasteiger partial charge in [0.2, 0.25) is 17.2 Å². The second kappa shape index (κ2) is 7.72. The van der Waals surface area contributed by atoms with Crippen molar-refractivity contribution in [1.82, 2.24) is 4.98 Å². The van der Waals surface area contributed by atoms with Crippen molar-refractivity contribution in [2.75, 3.05) is 19.5 Å². The van der Waals surface area contributed by atoms with Crippen LogP contribution in [0.15, 0.2) is 46.2 Å². The monoisotopic (exact) mass is 398 g/mol. The van der Waals surface area contributed by atoms with E-state index in [1.807, 2.05) is 35.7 Å². The Bertz CT molecular complexity index is 889. The number of nitrogens with zero attached hydrogens (tertiary/aromatic N) is 1. The van der Waals surface area contributed by atoms with Crippen LogP contribution in [0.4, 0.5) is 5.88 Å². The Morgan fingerprint density at radius 2 is 2.00 bits per heavy atom. The van der Waals surface area contributed by atoms with Gasteiger partial charge < -0.3 is 18.8 Å². The molecule has 0 unspecified atom stereocenters. The molecule has 0 aliphatic heterocycles. The van der Waals surface area contributed by atoms with Crippen LogP contribution in [0.3, 0.4) is 0 Å². The fourth-order valence-electron chi connectivity index (χ4n) is 2.18. The minimum absolute atomic E-state index is 0.105. The smallest absolute Gasteiger partial charge is 0.384 e. The number of halogens is 1. The van der Waals surface area contributed by atoms with Crippen LogP contribution in [0.2, 0.25) is 5.02 Å². The molecule has 0 saturated carbocycles. The lowest BCUT2D eigenvalue weighted by atomic mass is 10.2. The largest absolute Gasteiger partial charge is 0.419 e. The van der Waals surface area contributed by atoms with E-state index in [9.17, 15) is 4.57 Å². The summed E-state index contributed by atoms with van der Waals surface area (Å²) in [5.41, 5.74) is 0.974. The van der Waals surface area contributed by atoms with Gasteiger partial charge in [-0.3, -0.25) is 4.57 Å². The molecule has 0 aliphatic carbocycles. The summed E-state index contributed by atoms with van der Waals surface area (Å²) >= 11 is 7.64. The zero-order valence-electron chi connectivity index (χ0n) is 13.6. The number of aromatic nitrogens is 1. The second-order valence-corrected chi connectivity index (χ2v) is 8.46. The Morgan fingerprint density at radius 3 is 2.64 bits per heavy atom. The third-order valence-corrected chi connectivity index (χ3v) is 6.49. The van der Waals surface area contributed by atoms with Crippen LogP contribution >= 0.6 is 30.5 Å². The van der Waals surface area contributed by atoms with E-state index in [4.69, 9.17) is 25.1 Å². The van der Waals surface area contributed by atoms with Crippen LogP contribution in [0, 0.1) is 0 Å². The molecule has 0 saturated heterocycles. The highest BCUT2D eigenvalue weighted by Crippen LogP contribution is 2.47. The van der Waals surface area contributed by atoms with E-state index in [-0.39, 0.29) is 11.3 Å². The number of oxazole rings is 1. The Hall–Kier alpha value is -1.63. The highest BCUT2D eigenvalue weighted by molar-refractivity contribution is 7.62. The average molecular weight is 399 g/mol. The van der Waals surface area contributed by atoms with Gasteiger partial charge in [-0.1, -0.05) is 35.9 Å². The SMILES string of the molecule is COP(=O)(OC)c1nc(-c2cccs2)oc1NCc1ccccc1Cl. The molecule has 3 rings (SSSR count). The third-order valence-electron chi connectivity index (χ3n) is 3.48. The van der Waals surface area contributed by atoms with E-state index in [1.54, 1.807) is 6.07 Å². The lowest BCUT2D eigenvalue weighted by Gasteiger charge is -2.12. The van der Waals surface area contributed by atoms with Crippen LogP contribution in [0.25, 0.3) is 10.8 Å². The van der Waals surface area contributed by atoms with Crippen LogP contribution < -0.4 is 10.8 Å². The molecule has 0 bridgehead atoms. The summed E-state index contributed by atoms with van der Waals surface area (Å²) in [7, 11) is -0.967. The van der Waals surface area contributed by atoms with E-state index in [2.05, 4.69) is 10.3 Å². The molecule has 2 heterocycles. The summed E-state index contributed by atoms with van der Waals surface area (Å²) in [4.78, 5) is 5.15. The molecule has 0 spiro atoms. The average Bonchev–Trinajstić information content (AvgIpc) is 3.30. The second-order valence-electron chi connectivity index (χ2n) is 4.96. The number of hydrogen-bond donors (Lipinski definition) is 1. The normalized spacial score (nSPS) is 11.6. The van der Waals surface area contributed by atoms with Crippen LogP contribution in [-0.4, -0.2) is 19.2 Å². The molecule has 1 aromatic carbocycles. The summed E-state index contributed by atoms with van der Waals surface area (Å²) in [5, 5.41) is 5.61. The lowest BCUT2D eigenvalue weighted by Crippen LogP contribution is -2.15. The zero-order chi connectivity index (χ0) is 17.9. The number of nitrogens with one attached hydrogen (secondary N) is 1. The molecule has 0 fully saturated rings. The van der Waals surface area contributed by atoms with E-state index in [1.165, 1.54) is 25.6 Å². The van der Waals surface area contributed by atoms with E-state index in [0.717, 1.165) is 10.4 Å². The van der Waals surface area contributed by atoms with Crippen molar-refractivity contribution in [3.63, 3.8) is 0 Å². The molecular weight excluding hydrogens is 383 g/mol. The third kappa shape index (κ3) is 3.81. The highest BCUT2D eigenvalue weighted by atomic mass is 35.5. The van der Waals surface area contributed by atoms with Crippen molar-refractivity contribution in [2.24, 2.45) is 0 Å².